The number of hydrogen-bond acceptors (Lipinski definition) is 3. The predicted octanol–water partition coefficient (Wildman–Crippen LogP) is 0.760. The molecular weight excluding hydrogens is 184 g/mol. The number of rotatable bonds is 3. The molecule has 0 radical (unpaired) electrons. The lowest BCUT2D eigenvalue weighted by molar-refractivity contribution is 0.0671. The minimum atomic E-state index is -0.944. The minimum absolute atomic E-state index is 0.141. The molecular formula is C9H12N2O3. The first kappa shape index (κ1) is 9.21. The van der Waals surface area contributed by atoms with Crippen molar-refractivity contribution in [1.29, 1.82) is 0 Å². The van der Waals surface area contributed by atoms with Crippen molar-refractivity contribution >= 4 is 5.97 Å². The number of ether oxygens (including phenoxy) is 1. The summed E-state index contributed by atoms with van der Waals surface area (Å²) in [6, 6.07) is 0. The third kappa shape index (κ3) is 1.77. The van der Waals surface area contributed by atoms with E-state index in [1.165, 1.54) is 12.5 Å². The molecule has 76 valence electrons. The van der Waals surface area contributed by atoms with Crippen molar-refractivity contribution in [3.63, 3.8) is 0 Å². The average molecular weight is 196 g/mol. The molecule has 1 fully saturated rings. The molecule has 1 atom stereocenters. The van der Waals surface area contributed by atoms with Gasteiger partial charge in [0.25, 0.3) is 0 Å². The van der Waals surface area contributed by atoms with Crippen LogP contribution in [0.4, 0.5) is 0 Å². The van der Waals surface area contributed by atoms with Gasteiger partial charge in [-0.15, -0.1) is 0 Å². The number of nitrogens with zero attached hydrogens (tertiary/aromatic N) is 2. The number of hydrogen-bond donors (Lipinski definition) is 1. The molecule has 0 spiro atoms. The zero-order valence-electron chi connectivity index (χ0n) is 7.72. The minimum Gasteiger partial charge on any atom is -0.477 e. The van der Waals surface area contributed by atoms with Gasteiger partial charge in [0.2, 0.25) is 0 Å². The summed E-state index contributed by atoms with van der Waals surface area (Å²) in [5.41, 5.74) is 0.223. The van der Waals surface area contributed by atoms with E-state index in [9.17, 15) is 4.79 Å². The number of aromatic nitrogens is 2. The third-order valence-corrected chi connectivity index (χ3v) is 2.36. The lowest BCUT2D eigenvalue weighted by atomic mass is 10.2. The van der Waals surface area contributed by atoms with E-state index in [0.29, 0.717) is 6.54 Å². The van der Waals surface area contributed by atoms with E-state index in [1.54, 1.807) is 4.57 Å². The van der Waals surface area contributed by atoms with E-state index in [-0.39, 0.29) is 11.8 Å². The molecule has 0 aliphatic carbocycles. The molecule has 1 unspecified atom stereocenters. The first-order chi connectivity index (χ1) is 6.77. The molecule has 5 heteroatoms. The summed E-state index contributed by atoms with van der Waals surface area (Å²) in [6.07, 6.45) is 5.09. The van der Waals surface area contributed by atoms with Crippen molar-refractivity contribution in [3.8, 4) is 0 Å². The van der Waals surface area contributed by atoms with E-state index in [1.807, 2.05) is 0 Å². The number of carboxylic acid groups (broad SMARTS) is 1. The average Bonchev–Trinajstić information content (AvgIpc) is 2.75. The highest BCUT2D eigenvalue weighted by Crippen LogP contribution is 2.14. The van der Waals surface area contributed by atoms with Gasteiger partial charge >= 0.3 is 5.97 Å². The van der Waals surface area contributed by atoms with Crippen LogP contribution < -0.4 is 0 Å². The maximum atomic E-state index is 10.8. The van der Waals surface area contributed by atoms with E-state index in [4.69, 9.17) is 9.84 Å². The largest absolute Gasteiger partial charge is 0.477 e. The topological polar surface area (TPSA) is 64.3 Å². The summed E-state index contributed by atoms with van der Waals surface area (Å²) in [4.78, 5) is 14.6. The molecule has 1 N–H and O–H groups in total. The van der Waals surface area contributed by atoms with Crippen LogP contribution in [0.3, 0.4) is 0 Å². The highest BCUT2D eigenvalue weighted by molar-refractivity contribution is 5.85. The molecule has 0 amide bonds. The van der Waals surface area contributed by atoms with Crippen LogP contribution >= 0.6 is 0 Å². The molecule has 1 saturated heterocycles. The van der Waals surface area contributed by atoms with Crippen molar-refractivity contribution in [1.82, 2.24) is 9.55 Å². The molecule has 1 aliphatic rings. The highest BCUT2D eigenvalue weighted by Gasteiger charge is 2.18. The van der Waals surface area contributed by atoms with Crippen LogP contribution in [0.5, 0.6) is 0 Å². The Labute approximate surface area is 81.3 Å². The second-order valence-corrected chi connectivity index (χ2v) is 3.37. The van der Waals surface area contributed by atoms with E-state index in [0.717, 1.165) is 19.4 Å². The van der Waals surface area contributed by atoms with Gasteiger partial charge in [0.15, 0.2) is 0 Å². The van der Waals surface area contributed by atoms with E-state index >= 15 is 0 Å². The van der Waals surface area contributed by atoms with Crippen LogP contribution in [0.2, 0.25) is 0 Å². The third-order valence-electron chi connectivity index (χ3n) is 2.36. The predicted molar refractivity (Wildman–Crippen MR) is 48.2 cm³/mol. The van der Waals surface area contributed by atoms with Crippen molar-refractivity contribution in [2.45, 2.75) is 25.5 Å². The lowest BCUT2D eigenvalue weighted by Crippen LogP contribution is -2.17. The van der Waals surface area contributed by atoms with Crippen LogP contribution in [-0.4, -0.2) is 33.3 Å². The second-order valence-electron chi connectivity index (χ2n) is 3.37. The molecule has 1 aromatic rings. The van der Waals surface area contributed by atoms with Crippen molar-refractivity contribution < 1.29 is 14.6 Å². The standard InChI is InChI=1S/C9H12N2O3/c12-9(13)8-4-10-6-11(8)5-7-2-1-3-14-7/h4,6-7H,1-3,5H2,(H,12,13). The molecule has 0 bridgehead atoms. The second kappa shape index (κ2) is 3.79. The Bertz CT molecular complexity index is 329. The zero-order valence-corrected chi connectivity index (χ0v) is 7.72. The Morgan fingerprint density at radius 3 is 3.29 bits per heavy atom. The lowest BCUT2D eigenvalue weighted by Gasteiger charge is -2.10. The maximum Gasteiger partial charge on any atom is 0.354 e. The Kier molecular flexibility index (Phi) is 2.49. The summed E-state index contributed by atoms with van der Waals surface area (Å²) in [6.45, 7) is 1.36. The van der Waals surface area contributed by atoms with Crippen molar-refractivity contribution in [3.05, 3.63) is 18.2 Å². The summed E-state index contributed by atoms with van der Waals surface area (Å²) in [5, 5.41) is 8.83. The molecule has 1 aliphatic heterocycles. The van der Waals surface area contributed by atoms with Gasteiger partial charge in [-0.2, -0.15) is 0 Å². The fraction of sp³-hybridized carbons (Fsp3) is 0.556. The van der Waals surface area contributed by atoms with Crippen LogP contribution in [0, 0.1) is 0 Å². The van der Waals surface area contributed by atoms with Gasteiger partial charge in [0.05, 0.1) is 25.2 Å². The smallest absolute Gasteiger partial charge is 0.354 e. The van der Waals surface area contributed by atoms with Crippen molar-refractivity contribution in [2.75, 3.05) is 6.61 Å². The monoisotopic (exact) mass is 196 g/mol. The normalized spacial score (nSPS) is 21.3. The number of imidazole rings is 1. The molecule has 2 heterocycles. The fourth-order valence-electron chi connectivity index (χ4n) is 1.65. The van der Waals surface area contributed by atoms with Crippen molar-refractivity contribution in [2.24, 2.45) is 0 Å². The maximum absolute atomic E-state index is 10.8. The van der Waals surface area contributed by atoms with Gasteiger partial charge in [-0.1, -0.05) is 0 Å². The van der Waals surface area contributed by atoms with E-state index < -0.39 is 5.97 Å². The van der Waals surface area contributed by atoms with Gasteiger partial charge in [0.1, 0.15) is 5.69 Å². The van der Waals surface area contributed by atoms with Crippen LogP contribution in [0.15, 0.2) is 12.5 Å². The van der Waals surface area contributed by atoms with Crippen LogP contribution in [0.1, 0.15) is 23.3 Å². The SMILES string of the molecule is O=C(O)c1cncn1CC1CCCO1. The number of aromatic carboxylic acids is 1. The van der Waals surface area contributed by atoms with Crippen LogP contribution in [0.25, 0.3) is 0 Å². The Morgan fingerprint density at radius 2 is 2.64 bits per heavy atom. The zero-order chi connectivity index (χ0) is 9.97. The fourth-order valence-corrected chi connectivity index (χ4v) is 1.65. The van der Waals surface area contributed by atoms with Gasteiger partial charge in [-0.3, -0.25) is 0 Å². The summed E-state index contributed by atoms with van der Waals surface area (Å²) < 4.78 is 7.04. The summed E-state index contributed by atoms with van der Waals surface area (Å²) in [7, 11) is 0. The first-order valence-electron chi connectivity index (χ1n) is 4.62. The molecule has 5 nitrogen and oxygen atoms in total. The Morgan fingerprint density at radius 1 is 1.79 bits per heavy atom. The molecule has 1 aromatic heterocycles. The Balaban J connectivity index is 2.07. The van der Waals surface area contributed by atoms with Crippen LogP contribution in [-0.2, 0) is 11.3 Å². The molecule has 2 rings (SSSR count). The highest BCUT2D eigenvalue weighted by atomic mass is 16.5. The molecule has 0 aromatic carbocycles. The Hall–Kier alpha value is -1.36. The molecule has 14 heavy (non-hydrogen) atoms. The first-order valence-corrected chi connectivity index (χ1v) is 4.62. The number of carbonyl (C=O) groups is 1. The summed E-state index contributed by atoms with van der Waals surface area (Å²) >= 11 is 0. The van der Waals surface area contributed by atoms with Gasteiger partial charge in [0, 0.05) is 6.61 Å². The quantitative estimate of drug-likeness (QED) is 0.775. The van der Waals surface area contributed by atoms with Gasteiger partial charge in [-0.05, 0) is 12.8 Å². The van der Waals surface area contributed by atoms with E-state index in [2.05, 4.69) is 4.98 Å². The van der Waals surface area contributed by atoms with Gasteiger partial charge < -0.3 is 14.4 Å². The number of carboxylic acids is 1. The summed E-state index contributed by atoms with van der Waals surface area (Å²) in [5.74, 6) is -0.944. The molecule has 0 saturated carbocycles. The van der Waals surface area contributed by atoms with Gasteiger partial charge in [-0.25, -0.2) is 9.78 Å².